The Morgan fingerprint density at radius 3 is 0.735 bits per heavy atom. The number of allylic oxidation sites excluding steroid dienone is 12. The Hall–Kier alpha value is -3.15. The number of hydrogen-bond acceptors (Lipinski definition) is 6. The summed E-state index contributed by atoms with van der Waals surface area (Å²) in [5, 5.41) is 0. The maximum atomic E-state index is 13.0. The van der Waals surface area contributed by atoms with Gasteiger partial charge in [-0.05, 0) is 70.6 Å². The fourth-order valence-corrected chi connectivity index (χ4v) is 10.8. The molecule has 0 amide bonds. The third-order valence-electron chi connectivity index (χ3n) is 16.2. The van der Waals surface area contributed by atoms with Gasteiger partial charge >= 0.3 is 17.9 Å². The summed E-state index contributed by atoms with van der Waals surface area (Å²) in [5.74, 6) is -0.846. The van der Waals surface area contributed by atoms with Crippen LogP contribution in [0.5, 0.6) is 0 Å². The van der Waals surface area contributed by atoms with Gasteiger partial charge in [-0.3, -0.25) is 14.4 Å². The molecule has 482 valence electrons. The van der Waals surface area contributed by atoms with Gasteiger partial charge in [0.05, 0.1) is 0 Å². The monoisotopic (exact) mass is 1160 g/mol. The zero-order valence-corrected chi connectivity index (χ0v) is 55.5. The number of carbonyl (C=O) groups excluding carboxylic acids is 3. The van der Waals surface area contributed by atoms with E-state index in [4.69, 9.17) is 14.2 Å². The molecule has 0 saturated heterocycles. The zero-order chi connectivity index (χ0) is 59.9. The van der Waals surface area contributed by atoms with Crippen LogP contribution < -0.4 is 0 Å². The minimum absolute atomic E-state index is 0.0699. The Balaban J connectivity index is 4.30. The molecular weight excluding hydrogens is 1020 g/mol. The lowest BCUT2D eigenvalue weighted by Gasteiger charge is -2.18. The van der Waals surface area contributed by atoms with Crippen molar-refractivity contribution in [1.82, 2.24) is 0 Å². The second kappa shape index (κ2) is 71.3. The van der Waals surface area contributed by atoms with E-state index in [9.17, 15) is 14.4 Å². The molecule has 83 heavy (non-hydrogen) atoms. The van der Waals surface area contributed by atoms with Crippen molar-refractivity contribution >= 4 is 17.9 Å². The summed E-state index contributed by atoms with van der Waals surface area (Å²) in [5.41, 5.74) is 0. The molecule has 0 bridgehead atoms. The standard InChI is InChI=1S/C77H138O6/c1-4-7-10-13-16-19-22-25-28-31-34-35-36-37-38-39-40-41-42-43-44-47-49-52-55-58-61-64-67-70-76(79)82-73-74(83-77(80)71-68-65-62-59-56-53-50-46-33-30-27-24-21-18-15-12-9-6-3)72-81-75(78)69-66-63-60-57-54-51-48-45-32-29-26-23-20-17-14-11-8-5-2/h7,10,16,19,25,28,34-35,37-38,40-41,74H,4-6,8-9,11-15,17-18,20-24,26-27,29-33,36,39,42-73H2,1-3H3/b10-7-,19-16-,28-25-,35-34-,38-37-,41-40-. The van der Waals surface area contributed by atoms with Gasteiger partial charge in [-0.1, -0.05) is 363 Å². The summed E-state index contributed by atoms with van der Waals surface area (Å²) >= 11 is 0. The van der Waals surface area contributed by atoms with Crippen molar-refractivity contribution in [2.75, 3.05) is 13.2 Å². The highest BCUT2D eigenvalue weighted by molar-refractivity contribution is 5.71. The van der Waals surface area contributed by atoms with Gasteiger partial charge in [-0.25, -0.2) is 0 Å². The van der Waals surface area contributed by atoms with Gasteiger partial charge in [-0.15, -0.1) is 0 Å². The molecule has 0 aliphatic carbocycles. The van der Waals surface area contributed by atoms with Crippen LogP contribution in [0.4, 0.5) is 0 Å². The summed E-state index contributed by atoms with van der Waals surface area (Å²) < 4.78 is 17.0. The summed E-state index contributed by atoms with van der Waals surface area (Å²) in [7, 11) is 0. The van der Waals surface area contributed by atoms with Crippen LogP contribution >= 0.6 is 0 Å². The first-order valence-corrected chi connectivity index (χ1v) is 36.4. The van der Waals surface area contributed by atoms with E-state index >= 15 is 0 Å². The molecule has 0 aliphatic rings. The van der Waals surface area contributed by atoms with Gasteiger partial charge in [0.15, 0.2) is 6.10 Å². The maximum Gasteiger partial charge on any atom is 0.306 e. The van der Waals surface area contributed by atoms with Crippen molar-refractivity contribution in [3.05, 3.63) is 72.9 Å². The molecule has 0 fully saturated rings. The van der Waals surface area contributed by atoms with Crippen molar-refractivity contribution in [2.24, 2.45) is 0 Å². The normalized spacial score (nSPS) is 12.5. The Bertz CT molecular complexity index is 1520. The number of ether oxygens (including phenoxy) is 3. The van der Waals surface area contributed by atoms with Crippen LogP contribution in [0.3, 0.4) is 0 Å². The van der Waals surface area contributed by atoms with Crippen molar-refractivity contribution in [3.63, 3.8) is 0 Å². The summed E-state index contributed by atoms with van der Waals surface area (Å²) in [6.07, 6.45) is 93.5. The number of rotatable bonds is 67. The first kappa shape index (κ1) is 79.8. The molecule has 0 aromatic carbocycles. The van der Waals surface area contributed by atoms with Crippen LogP contribution in [0.25, 0.3) is 0 Å². The van der Waals surface area contributed by atoms with E-state index in [1.54, 1.807) is 0 Å². The van der Waals surface area contributed by atoms with Crippen molar-refractivity contribution < 1.29 is 28.6 Å². The van der Waals surface area contributed by atoms with Crippen molar-refractivity contribution in [3.8, 4) is 0 Å². The highest BCUT2D eigenvalue weighted by Gasteiger charge is 2.19. The second-order valence-electron chi connectivity index (χ2n) is 24.5. The first-order chi connectivity index (χ1) is 41.0. The Morgan fingerprint density at radius 1 is 0.253 bits per heavy atom. The third kappa shape index (κ3) is 69.5. The largest absolute Gasteiger partial charge is 0.462 e. The fourth-order valence-electron chi connectivity index (χ4n) is 10.8. The molecule has 0 aromatic rings. The molecule has 0 N–H and O–H groups in total. The lowest BCUT2D eigenvalue weighted by atomic mass is 10.0. The summed E-state index contributed by atoms with van der Waals surface area (Å²) in [6.45, 7) is 6.60. The molecule has 0 heterocycles. The molecule has 0 aromatic heterocycles. The number of esters is 3. The molecular formula is C77H138O6. The Labute approximate surface area is 516 Å². The minimum atomic E-state index is -0.775. The van der Waals surface area contributed by atoms with Gasteiger partial charge in [-0.2, -0.15) is 0 Å². The molecule has 0 aliphatic heterocycles. The predicted octanol–water partition coefficient (Wildman–Crippen LogP) is 25.2. The molecule has 0 radical (unpaired) electrons. The van der Waals surface area contributed by atoms with E-state index in [0.717, 1.165) is 96.3 Å². The van der Waals surface area contributed by atoms with Gasteiger partial charge < -0.3 is 14.2 Å². The summed E-state index contributed by atoms with van der Waals surface area (Å²) in [4.78, 5) is 38.5. The number of hydrogen-bond donors (Lipinski definition) is 0. The highest BCUT2D eigenvalue weighted by Crippen LogP contribution is 2.18. The van der Waals surface area contributed by atoms with E-state index in [0.29, 0.717) is 19.3 Å². The highest BCUT2D eigenvalue weighted by atomic mass is 16.6. The van der Waals surface area contributed by atoms with Crippen LogP contribution in [-0.2, 0) is 28.6 Å². The minimum Gasteiger partial charge on any atom is -0.462 e. The Morgan fingerprint density at radius 2 is 0.470 bits per heavy atom. The van der Waals surface area contributed by atoms with E-state index in [1.807, 2.05) is 0 Å². The molecule has 0 spiro atoms. The topological polar surface area (TPSA) is 78.9 Å². The quantitative estimate of drug-likeness (QED) is 0.0261. The van der Waals surface area contributed by atoms with Gasteiger partial charge in [0.1, 0.15) is 13.2 Å². The van der Waals surface area contributed by atoms with E-state index < -0.39 is 6.10 Å². The average molecular weight is 1160 g/mol. The SMILES string of the molecule is CC/C=C\C/C=C\C/C=C\C/C=C\C/C=C\C/C=C\CCCCCCCCCCCCC(=O)OCC(COC(=O)CCCCCCCCCCCCCCCCCCCC)OC(=O)CCCCCCCCCCCCCCCCCCCC. The lowest BCUT2D eigenvalue weighted by Crippen LogP contribution is -2.30. The van der Waals surface area contributed by atoms with E-state index in [2.05, 4.69) is 93.7 Å². The first-order valence-electron chi connectivity index (χ1n) is 36.4. The average Bonchev–Trinajstić information content (AvgIpc) is 3.49. The Kier molecular flexibility index (Phi) is 68.6. The van der Waals surface area contributed by atoms with Crippen LogP contribution in [0.15, 0.2) is 72.9 Å². The van der Waals surface area contributed by atoms with Crippen molar-refractivity contribution in [1.29, 1.82) is 0 Å². The summed E-state index contributed by atoms with van der Waals surface area (Å²) in [6, 6.07) is 0. The maximum absolute atomic E-state index is 13.0. The van der Waals surface area contributed by atoms with Crippen LogP contribution in [0.1, 0.15) is 380 Å². The molecule has 6 nitrogen and oxygen atoms in total. The van der Waals surface area contributed by atoms with Gasteiger partial charge in [0, 0.05) is 19.3 Å². The smallest absolute Gasteiger partial charge is 0.306 e. The lowest BCUT2D eigenvalue weighted by molar-refractivity contribution is -0.167. The number of unbranched alkanes of at least 4 members (excludes halogenated alkanes) is 44. The van der Waals surface area contributed by atoms with Gasteiger partial charge in [0.2, 0.25) is 0 Å². The predicted molar refractivity (Wildman–Crippen MR) is 362 cm³/mol. The van der Waals surface area contributed by atoms with E-state index in [-0.39, 0.29) is 31.1 Å². The van der Waals surface area contributed by atoms with Gasteiger partial charge in [0.25, 0.3) is 0 Å². The second-order valence-corrected chi connectivity index (χ2v) is 24.5. The van der Waals surface area contributed by atoms with Crippen molar-refractivity contribution in [2.45, 2.75) is 386 Å². The molecule has 0 saturated carbocycles. The molecule has 0 rings (SSSR count). The molecule has 6 heteroatoms. The third-order valence-corrected chi connectivity index (χ3v) is 16.2. The van der Waals surface area contributed by atoms with Crippen LogP contribution in [0, 0.1) is 0 Å². The zero-order valence-electron chi connectivity index (χ0n) is 55.5. The van der Waals surface area contributed by atoms with Crippen LogP contribution in [0.2, 0.25) is 0 Å². The molecule has 1 unspecified atom stereocenters. The molecule has 1 atom stereocenters. The van der Waals surface area contributed by atoms with Crippen LogP contribution in [-0.4, -0.2) is 37.2 Å². The fraction of sp³-hybridized carbons (Fsp3) is 0.805. The van der Waals surface area contributed by atoms with E-state index in [1.165, 1.54) is 244 Å². The number of carbonyl (C=O) groups is 3.